The Morgan fingerprint density at radius 1 is 0.960 bits per heavy atom. The summed E-state index contributed by atoms with van der Waals surface area (Å²) >= 11 is 1.39. The Morgan fingerprint density at radius 3 is 2.36 bits per heavy atom. The van der Waals surface area contributed by atoms with Crippen molar-refractivity contribution in [2.45, 2.75) is 4.90 Å². The molecule has 126 valence electrons. The maximum Gasteiger partial charge on any atom is 0.287 e. The Bertz CT molecular complexity index is 850. The molecule has 6 nitrogen and oxygen atoms in total. The predicted molar refractivity (Wildman–Crippen MR) is 96.8 cm³/mol. The summed E-state index contributed by atoms with van der Waals surface area (Å²) < 4.78 is 0. The van der Waals surface area contributed by atoms with E-state index in [1.165, 1.54) is 11.8 Å². The molecule has 0 unspecified atom stereocenters. The highest BCUT2D eigenvalue weighted by atomic mass is 32.2. The highest BCUT2D eigenvalue weighted by Gasteiger charge is 2.12. The maximum atomic E-state index is 12.1. The Hall–Kier alpha value is -3.06. The van der Waals surface area contributed by atoms with Crippen LogP contribution < -0.4 is 10.9 Å². The van der Waals surface area contributed by atoms with Gasteiger partial charge >= 0.3 is 0 Å². The van der Waals surface area contributed by atoms with Gasteiger partial charge in [-0.05, 0) is 18.2 Å². The fraction of sp³-hybridized carbons (Fsp3) is 0.0556. The first-order valence-electron chi connectivity index (χ1n) is 7.60. The molecule has 1 aromatic heterocycles. The van der Waals surface area contributed by atoms with E-state index in [-0.39, 0.29) is 17.4 Å². The van der Waals surface area contributed by atoms with E-state index in [4.69, 9.17) is 0 Å². The Morgan fingerprint density at radius 2 is 1.64 bits per heavy atom. The third-order valence-corrected chi connectivity index (χ3v) is 4.33. The number of aromatic amines is 1. The van der Waals surface area contributed by atoms with Gasteiger partial charge in [0.2, 0.25) is 5.91 Å². The molecular weight excluding hydrogens is 336 g/mol. The topological polar surface area (TPSA) is 86.9 Å². The lowest BCUT2D eigenvalue weighted by Gasteiger charge is -2.06. The number of benzene rings is 2. The summed E-state index contributed by atoms with van der Waals surface area (Å²) in [7, 11) is 0. The number of hydrogen-bond donors (Lipinski definition) is 3. The van der Waals surface area contributed by atoms with Crippen LogP contribution in [0, 0.1) is 0 Å². The molecule has 25 heavy (non-hydrogen) atoms. The van der Waals surface area contributed by atoms with Crippen molar-refractivity contribution in [3.8, 4) is 11.3 Å². The van der Waals surface area contributed by atoms with E-state index in [2.05, 4.69) is 21.0 Å². The van der Waals surface area contributed by atoms with Gasteiger partial charge in [0.15, 0.2) is 0 Å². The van der Waals surface area contributed by atoms with E-state index in [0.717, 1.165) is 10.5 Å². The molecule has 0 fully saturated rings. The maximum absolute atomic E-state index is 12.1. The molecule has 2 aromatic carbocycles. The van der Waals surface area contributed by atoms with Crippen molar-refractivity contribution in [1.82, 2.24) is 21.0 Å². The summed E-state index contributed by atoms with van der Waals surface area (Å²) in [4.78, 5) is 24.9. The number of thioether (sulfide) groups is 1. The van der Waals surface area contributed by atoms with Crippen LogP contribution in [0.2, 0.25) is 0 Å². The molecule has 3 aromatic rings. The van der Waals surface area contributed by atoms with Crippen LogP contribution in [0.4, 0.5) is 0 Å². The number of carbonyl (C=O) groups is 2. The lowest BCUT2D eigenvalue weighted by atomic mass is 10.1. The van der Waals surface area contributed by atoms with Crippen LogP contribution in [0.1, 0.15) is 10.5 Å². The lowest BCUT2D eigenvalue weighted by Crippen LogP contribution is -2.42. The van der Waals surface area contributed by atoms with Crippen LogP contribution >= 0.6 is 11.8 Å². The largest absolute Gasteiger partial charge is 0.287 e. The quantitative estimate of drug-likeness (QED) is 0.487. The predicted octanol–water partition coefficient (Wildman–Crippen LogP) is 2.63. The van der Waals surface area contributed by atoms with Gasteiger partial charge in [0.1, 0.15) is 5.69 Å². The molecular formula is C18H16N4O2S. The van der Waals surface area contributed by atoms with Crippen molar-refractivity contribution in [3.05, 3.63) is 72.4 Å². The summed E-state index contributed by atoms with van der Waals surface area (Å²) in [6.07, 6.45) is 0. The zero-order chi connectivity index (χ0) is 17.5. The van der Waals surface area contributed by atoms with Gasteiger partial charge in [-0.2, -0.15) is 5.10 Å². The number of nitrogens with zero attached hydrogens (tertiary/aromatic N) is 1. The first-order valence-corrected chi connectivity index (χ1v) is 8.59. The fourth-order valence-electron chi connectivity index (χ4n) is 2.09. The van der Waals surface area contributed by atoms with Crippen molar-refractivity contribution in [1.29, 1.82) is 0 Å². The summed E-state index contributed by atoms with van der Waals surface area (Å²) in [6, 6.07) is 20.7. The molecule has 0 atom stereocenters. The monoisotopic (exact) mass is 352 g/mol. The first kappa shape index (κ1) is 16.8. The number of carbonyl (C=O) groups excluding carboxylic acids is 2. The van der Waals surface area contributed by atoms with E-state index in [1.54, 1.807) is 6.07 Å². The molecule has 0 saturated carbocycles. The van der Waals surface area contributed by atoms with Gasteiger partial charge in [0, 0.05) is 10.5 Å². The number of aromatic nitrogens is 2. The standard InChI is InChI=1S/C18H16N4O2S/c23-17(12-25-14-9-5-2-6-10-14)21-22-18(24)16-11-15(19-20-16)13-7-3-1-4-8-13/h1-11H,12H2,(H,19,20)(H,21,23)(H,22,24). The van der Waals surface area contributed by atoms with Crippen molar-refractivity contribution in [3.63, 3.8) is 0 Å². The van der Waals surface area contributed by atoms with Crippen molar-refractivity contribution in [2.24, 2.45) is 0 Å². The molecule has 0 spiro atoms. The fourth-order valence-corrected chi connectivity index (χ4v) is 2.81. The lowest BCUT2D eigenvalue weighted by molar-refractivity contribution is -0.119. The molecule has 3 rings (SSSR count). The number of nitrogens with one attached hydrogen (secondary N) is 3. The molecule has 0 radical (unpaired) electrons. The summed E-state index contributed by atoms with van der Waals surface area (Å²) in [5.74, 6) is -0.527. The van der Waals surface area contributed by atoms with Crippen LogP contribution in [0.3, 0.4) is 0 Å². The molecule has 0 bridgehead atoms. The second-order valence-electron chi connectivity index (χ2n) is 5.14. The second-order valence-corrected chi connectivity index (χ2v) is 6.19. The van der Waals surface area contributed by atoms with E-state index in [0.29, 0.717) is 5.69 Å². The van der Waals surface area contributed by atoms with Gasteiger partial charge in [0.25, 0.3) is 5.91 Å². The molecule has 7 heteroatoms. The van der Waals surface area contributed by atoms with Crippen LogP contribution in [-0.2, 0) is 4.79 Å². The van der Waals surface area contributed by atoms with Crippen LogP contribution in [-0.4, -0.2) is 27.8 Å². The number of hydrazine groups is 1. The van der Waals surface area contributed by atoms with E-state index in [9.17, 15) is 9.59 Å². The Kier molecular flexibility index (Phi) is 5.48. The number of hydrogen-bond acceptors (Lipinski definition) is 4. The van der Waals surface area contributed by atoms with Crippen LogP contribution in [0.5, 0.6) is 0 Å². The average molecular weight is 352 g/mol. The average Bonchev–Trinajstić information content (AvgIpc) is 3.16. The van der Waals surface area contributed by atoms with Crippen LogP contribution in [0.25, 0.3) is 11.3 Å². The number of amides is 2. The summed E-state index contributed by atoms with van der Waals surface area (Å²) in [6.45, 7) is 0. The minimum Gasteiger partial charge on any atom is -0.272 e. The molecule has 0 aliphatic heterocycles. The van der Waals surface area contributed by atoms with Gasteiger partial charge in [-0.1, -0.05) is 48.5 Å². The van der Waals surface area contributed by atoms with E-state index in [1.807, 2.05) is 60.7 Å². The second kappa shape index (κ2) is 8.16. The smallest absolute Gasteiger partial charge is 0.272 e. The minimum absolute atomic E-state index is 0.211. The summed E-state index contributed by atoms with van der Waals surface area (Å²) in [5, 5.41) is 6.78. The van der Waals surface area contributed by atoms with Gasteiger partial charge in [-0.25, -0.2) is 0 Å². The molecule has 1 heterocycles. The normalized spacial score (nSPS) is 10.2. The van der Waals surface area contributed by atoms with Gasteiger partial charge in [0.05, 0.1) is 11.4 Å². The highest BCUT2D eigenvalue weighted by molar-refractivity contribution is 8.00. The van der Waals surface area contributed by atoms with Crippen molar-refractivity contribution >= 4 is 23.6 Å². The SMILES string of the molecule is O=C(CSc1ccccc1)NNC(=O)c1cc(-c2ccccc2)n[nH]1. The van der Waals surface area contributed by atoms with E-state index >= 15 is 0 Å². The Labute approximate surface area is 149 Å². The number of H-pyrrole nitrogens is 1. The number of rotatable bonds is 5. The zero-order valence-corrected chi connectivity index (χ0v) is 14.0. The summed E-state index contributed by atoms with van der Waals surface area (Å²) in [5.41, 5.74) is 6.61. The van der Waals surface area contributed by atoms with Crippen LogP contribution in [0.15, 0.2) is 71.6 Å². The Balaban J connectivity index is 1.49. The molecule has 0 aliphatic rings. The first-order chi connectivity index (χ1) is 12.2. The van der Waals surface area contributed by atoms with Crippen molar-refractivity contribution in [2.75, 3.05) is 5.75 Å². The molecule has 3 N–H and O–H groups in total. The molecule has 0 aliphatic carbocycles. The minimum atomic E-state index is -0.451. The third kappa shape index (κ3) is 4.71. The van der Waals surface area contributed by atoms with Gasteiger partial charge in [-0.3, -0.25) is 25.5 Å². The van der Waals surface area contributed by atoms with Gasteiger partial charge < -0.3 is 0 Å². The molecule has 0 saturated heterocycles. The van der Waals surface area contributed by atoms with Crippen molar-refractivity contribution < 1.29 is 9.59 Å². The molecule has 2 amide bonds. The zero-order valence-electron chi connectivity index (χ0n) is 13.2. The van der Waals surface area contributed by atoms with E-state index < -0.39 is 5.91 Å². The van der Waals surface area contributed by atoms with Gasteiger partial charge in [-0.15, -0.1) is 11.8 Å². The highest BCUT2D eigenvalue weighted by Crippen LogP contribution is 2.17. The third-order valence-electron chi connectivity index (χ3n) is 3.32.